The van der Waals surface area contributed by atoms with Crippen LogP contribution in [0.2, 0.25) is 0 Å². The molecular formula is C25H35N3O6. The minimum absolute atomic E-state index is 0.111. The van der Waals surface area contributed by atoms with Crippen molar-refractivity contribution in [3.05, 3.63) is 23.8 Å². The highest BCUT2D eigenvalue weighted by molar-refractivity contribution is 5.99. The minimum atomic E-state index is -0.774. The average molecular weight is 474 g/mol. The molecule has 1 saturated carbocycles. The van der Waals surface area contributed by atoms with Gasteiger partial charge in [-0.3, -0.25) is 14.4 Å². The molecule has 34 heavy (non-hydrogen) atoms. The Morgan fingerprint density at radius 2 is 1.91 bits per heavy atom. The molecule has 2 unspecified atom stereocenters. The Bertz CT molecular complexity index is 868. The number of benzene rings is 1. The van der Waals surface area contributed by atoms with Gasteiger partial charge in [0.15, 0.2) is 11.5 Å². The maximum absolute atomic E-state index is 12.3. The van der Waals surface area contributed by atoms with E-state index in [9.17, 15) is 19.2 Å². The summed E-state index contributed by atoms with van der Waals surface area (Å²) in [5, 5.41) is 7.71. The number of hydrogen-bond acceptors (Lipinski definition) is 6. The fourth-order valence-corrected chi connectivity index (χ4v) is 4.40. The standard InChI is InChI=1S/C18H21N3O6.C7H14/c22-10-12(8-11-4-5-19-17(11)24)21-15(23)9-20-18(25)13-2-1-3-14-16(13)27-7-6-26-14;1-7-5-3-2-4-6-7/h1-3,10-12H,4-9H2,(H,19,24)(H,20,25)(H,21,23);7H,2-6H2,1H3. The van der Waals surface area contributed by atoms with Crippen LogP contribution in [0, 0.1) is 11.8 Å². The highest BCUT2D eigenvalue weighted by Gasteiger charge is 2.28. The Hall–Kier alpha value is -3.10. The molecule has 0 bridgehead atoms. The second-order valence-electron chi connectivity index (χ2n) is 9.08. The summed E-state index contributed by atoms with van der Waals surface area (Å²) in [7, 11) is 0. The Kier molecular flexibility index (Phi) is 9.73. The fourth-order valence-electron chi connectivity index (χ4n) is 4.40. The molecule has 2 aliphatic heterocycles. The van der Waals surface area contributed by atoms with Crippen molar-refractivity contribution in [3.8, 4) is 11.5 Å². The topological polar surface area (TPSA) is 123 Å². The second kappa shape index (κ2) is 13.0. The first-order valence-electron chi connectivity index (χ1n) is 12.2. The summed E-state index contributed by atoms with van der Waals surface area (Å²) in [5.74, 6) is 0.470. The molecule has 0 spiro atoms. The Labute approximate surface area is 200 Å². The first kappa shape index (κ1) is 25.5. The molecule has 0 aromatic heterocycles. The van der Waals surface area contributed by atoms with Crippen molar-refractivity contribution in [2.24, 2.45) is 11.8 Å². The van der Waals surface area contributed by atoms with Crippen LogP contribution in [0.15, 0.2) is 18.2 Å². The number of amides is 3. The Balaban J connectivity index is 0.000000396. The van der Waals surface area contributed by atoms with Crippen LogP contribution in [0.1, 0.15) is 62.2 Å². The molecule has 1 saturated heterocycles. The lowest BCUT2D eigenvalue weighted by Gasteiger charge is -2.20. The van der Waals surface area contributed by atoms with Gasteiger partial charge in [0.2, 0.25) is 11.8 Å². The predicted molar refractivity (Wildman–Crippen MR) is 126 cm³/mol. The monoisotopic (exact) mass is 473 g/mol. The molecule has 3 aliphatic rings. The summed E-state index contributed by atoms with van der Waals surface area (Å²) < 4.78 is 10.9. The van der Waals surface area contributed by atoms with Gasteiger partial charge in [0.1, 0.15) is 19.5 Å². The van der Waals surface area contributed by atoms with E-state index in [1.165, 1.54) is 32.1 Å². The number of aldehydes is 1. The zero-order valence-corrected chi connectivity index (χ0v) is 19.8. The van der Waals surface area contributed by atoms with Gasteiger partial charge in [-0.1, -0.05) is 45.1 Å². The summed E-state index contributed by atoms with van der Waals surface area (Å²) >= 11 is 0. The van der Waals surface area contributed by atoms with E-state index in [-0.39, 0.29) is 30.4 Å². The van der Waals surface area contributed by atoms with Crippen LogP contribution < -0.4 is 25.4 Å². The van der Waals surface area contributed by atoms with Crippen molar-refractivity contribution in [1.82, 2.24) is 16.0 Å². The highest BCUT2D eigenvalue weighted by atomic mass is 16.6. The normalized spacial score (nSPS) is 20.3. The van der Waals surface area contributed by atoms with Crippen LogP contribution in [0.5, 0.6) is 11.5 Å². The van der Waals surface area contributed by atoms with Crippen LogP contribution >= 0.6 is 0 Å². The lowest BCUT2D eigenvalue weighted by Crippen LogP contribution is -2.44. The van der Waals surface area contributed by atoms with Gasteiger partial charge in [-0.25, -0.2) is 0 Å². The summed E-state index contributed by atoms with van der Waals surface area (Å²) in [6.45, 7) is 3.39. The molecule has 2 heterocycles. The van der Waals surface area contributed by atoms with E-state index in [1.807, 2.05) is 0 Å². The molecule has 9 nitrogen and oxygen atoms in total. The number of fused-ring (bicyclic) bond motifs is 1. The summed E-state index contributed by atoms with van der Waals surface area (Å²) in [6.07, 6.45) is 8.92. The molecule has 1 aromatic rings. The number of ether oxygens (including phenoxy) is 2. The van der Waals surface area contributed by atoms with E-state index in [0.717, 1.165) is 5.92 Å². The van der Waals surface area contributed by atoms with Gasteiger partial charge in [0.05, 0.1) is 18.2 Å². The van der Waals surface area contributed by atoms with E-state index in [4.69, 9.17) is 9.47 Å². The third-order valence-corrected chi connectivity index (χ3v) is 6.33. The summed E-state index contributed by atoms with van der Waals surface area (Å²) in [4.78, 5) is 47.2. The fraction of sp³-hybridized carbons (Fsp3) is 0.600. The summed E-state index contributed by atoms with van der Waals surface area (Å²) in [5.41, 5.74) is 0.273. The Morgan fingerprint density at radius 1 is 1.15 bits per heavy atom. The molecule has 186 valence electrons. The van der Waals surface area contributed by atoms with Gasteiger partial charge in [-0.15, -0.1) is 0 Å². The van der Waals surface area contributed by atoms with Crippen LogP contribution in [-0.2, 0) is 14.4 Å². The van der Waals surface area contributed by atoms with Crippen molar-refractivity contribution < 1.29 is 28.7 Å². The molecule has 3 N–H and O–H groups in total. The van der Waals surface area contributed by atoms with Gasteiger partial charge in [0.25, 0.3) is 5.91 Å². The third kappa shape index (κ3) is 7.46. The minimum Gasteiger partial charge on any atom is -0.486 e. The maximum atomic E-state index is 12.3. The average Bonchev–Trinajstić information content (AvgIpc) is 3.26. The smallest absolute Gasteiger partial charge is 0.255 e. The van der Waals surface area contributed by atoms with E-state index in [0.29, 0.717) is 44.0 Å². The number of hydrogen-bond donors (Lipinski definition) is 3. The first-order chi connectivity index (χ1) is 16.5. The molecule has 1 aromatic carbocycles. The largest absolute Gasteiger partial charge is 0.486 e. The van der Waals surface area contributed by atoms with Gasteiger partial charge in [-0.05, 0) is 30.9 Å². The molecular weight excluding hydrogens is 438 g/mol. The van der Waals surface area contributed by atoms with E-state index in [1.54, 1.807) is 18.2 Å². The second-order valence-corrected chi connectivity index (χ2v) is 9.08. The van der Waals surface area contributed by atoms with E-state index in [2.05, 4.69) is 22.9 Å². The van der Waals surface area contributed by atoms with Gasteiger partial charge in [-0.2, -0.15) is 0 Å². The van der Waals surface area contributed by atoms with Gasteiger partial charge in [0, 0.05) is 12.5 Å². The summed E-state index contributed by atoms with van der Waals surface area (Å²) in [6, 6.07) is 4.17. The number of carbonyl (C=O) groups excluding carboxylic acids is 4. The van der Waals surface area contributed by atoms with Gasteiger partial charge < -0.3 is 30.2 Å². The lowest BCUT2D eigenvalue weighted by molar-refractivity contribution is -0.125. The van der Waals surface area contributed by atoms with Crippen LogP contribution in [0.25, 0.3) is 0 Å². The van der Waals surface area contributed by atoms with Crippen LogP contribution in [0.4, 0.5) is 0 Å². The zero-order chi connectivity index (χ0) is 24.3. The molecule has 1 aliphatic carbocycles. The van der Waals surface area contributed by atoms with Crippen molar-refractivity contribution in [2.75, 3.05) is 26.3 Å². The first-order valence-corrected chi connectivity index (χ1v) is 12.2. The van der Waals surface area contributed by atoms with Gasteiger partial charge >= 0.3 is 0 Å². The molecule has 2 fully saturated rings. The number of para-hydroxylation sites is 1. The number of nitrogens with one attached hydrogen (secondary N) is 3. The quantitative estimate of drug-likeness (QED) is 0.521. The van der Waals surface area contributed by atoms with Crippen molar-refractivity contribution in [3.63, 3.8) is 0 Å². The maximum Gasteiger partial charge on any atom is 0.255 e. The van der Waals surface area contributed by atoms with Crippen molar-refractivity contribution in [1.29, 1.82) is 0 Å². The zero-order valence-electron chi connectivity index (χ0n) is 19.8. The van der Waals surface area contributed by atoms with E-state index < -0.39 is 17.9 Å². The van der Waals surface area contributed by atoms with Crippen LogP contribution in [-0.4, -0.2) is 56.4 Å². The number of rotatable bonds is 7. The van der Waals surface area contributed by atoms with Crippen molar-refractivity contribution >= 4 is 24.0 Å². The highest BCUT2D eigenvalue weighted by Crippen LogP contribution is 2.33. The van der Waals surface area contributed by atoms with Crippen molar-refractivity contribution in [2.45, 2.75) is 57.9 Å². The number of carbonyl (C=O) groups is 4. The predicted octanol–water partition coefficient (Wildman–Crippen LogP) is 1.98. The van der Waals surface area contributed by atoms with E-state index >= 15 is 0 Å². The molecule has 0 radical (unpaired) electrons. The lowest BCUT2D eigenvalue weighted by atomic mass is 9.91. The van der Waals surface area contributed by atoms with Crippen LogP contribution in [0.3, 0.4) is 0 Å². The molecule has 9 heteroatoms. The molecule has 4 rings (SSSR count). The SMILES string of the molecule is CC1CCCCC1.O=CC(CC1CCNC1=O)NC(=O)CNC(=O)c1cccc2c1OCCO2. The third-order valence-electron chi connectivity index (χ3n) is 6.33. The Morgan fingerprint density at radius 3 is 2.56 bits per heavy atom. The molecule has 3 amide bonds. The molecule has 2 atom stereocenters.